The second kappa shape index (κ2) is 4.81. The third kappa shape index (κ3) is 2.10. The van der Waals surface area contributed by atoms with E-state index in [0.29, 0.717) is 6.61 Å². The molecule has 2 heterocycles. The van der Waals surface area contributed by atoms with E-state index in [4.69, 9.17) is 4.74 Å². The van der Waals surface area contributed by atoms with Crippen molar-refractivity contribution in [3.8, 4) is 0 Å². The molecular weight excluding hydrogens is 272 g/mol. The molecule has 0 spiro atoms. The fourth-order valence-electron chi connectivity index (χ4n) is 3.47. The summed E-state index contributed by atoms with van der Waals surface area (Å²) in [5.41, 5.74) is 2.64. The zero-order valence-electron chi connectivity index (χ0n) is 11.4. The van der Waals surface area contributed by atoms with Gasteiger partial charge in [-0.25, -0.2) is 8.78 Å². The molecule has 2 aromatic carbocycles. The summed E-state index contributed by atoms with van der Waals surface area (Å²) in [5.74, 6) is -0.301. The van der Waals surface area contributed by atoms with Crippen LogP contribution in [0.15, 0.2) is 42.5 Å². The van der Waals surface area contributed by atoms with Gasteiger partial charge in [0.1, 0.15) is 11.6 Å². The number of ether oxygens (including phenoxy) is 1. The largest absolute Gasteiger partial charge is 0.378 e. The van der Waals surface area contributed by atoms with Crippen LogP contribution in [0.5, 0.6) is 0 Å². The van der Waals surface area contributed by atoms with Gasteiger partial charge in [0, 0.05) is 23.8 Å². The van der Waals surface area contributed by atoms with E-state index >= 15 is 0 Å². The number of anilines is 1. The minimum atomic E-state index is -0.256. The van der Waals surface area contributed by atoms with E-state index in [1.165, 1.54) is 18.2 Å². The zero-order chi connectivity index (χ0) is 14.4. The van der Waals surface area contributed by atoms with E-state index in [2.05, 4.69) is 5.32 Å². The van der Waals surface area contributed by atoms with Crippen molar-refractivity contribution in [2.24, 2.45) is 5.92 Å². The number of rotatable bonds is 1. The van der Waals surface area contributed by atoms with Crippen molar-refractivity contribution in [2.75, 3.05) is 11.9 Å². The Hall–Kier alpha value is -1.94. The summed E-state index contributed by atoms with van der Waals surface area (Å²) in [6, 6.07) is 11.3. The normalized spacial score (nSPS) is 26.9. The highest BCUT2D eigenvalue weighted by Gasteiger charge is 2.41. The second-order valence-electron chi connectivity index (χ2n) is 5.65. The molecule has 0 aromatic heterocycles. The predicted molar refractivity (Wildman–Crippen MR) is 76.0 cm³/mol. The molecule has 2 nitrogen and oxygen atoms in total. The van der Waals surface area contributed by atoms with Crippen LogP contribution < -0.4 is 5.32 Å². The van der Waals surface area contributed by atoms with Gasteiger partial charge in [0.2, 0.25) is 0 Å². The first-order valence-electron chi connectivity index (χ1n) is 7.15. The highest BCUT2D eigenvalue weighted by molar-refractivity contribution is 5.57. The maximum Gasteiger partial charge on any atom is 0.123 e. The number of hydrogen-bond donors (Lipinski definition) is 1. The van der Waals surface area contributed by atoms with Gasteiger partial charge in [0.25, 0.3) is 0 Å². The molecule has 2 aliphatic heterocycles. The SMILES string of the molecule is Fc1cccc([C@H]2Nc3ccc(F)cc3[C@@H]3OCC[C@H]23)c1. The molecule has 1 N–H and O–H groups in total. The Morgan fingerprint density at radius 1 is 1.05 bits per heavy atom. The van der Waals surface area contributed by atoms with Gasteiger partial charge in [-0.3, -0.25) is 0 Å². The van der Waals surface area contributed by atoms with Gasteiger partial charge in [0.15, 0.2) is 0 Å². The molecule has 2 aliphatic rings. The van der Waals surface area contributed by atoms with Crippen molar-refractivity contribution in [2.45, 2.75) is 18.6 Å². The monoisotopic (exact) mass is 287 g/mol. The van der Waals surface area contributed by atoms with Gasteiger partial charge >= 0.3 is 0 Å². The highest BCUT2D eigenvalue weighted by atomic mass is 19.1. The van der Waals surface area contributed by atoms with E-state index < -0.39 is 0 Å². The molecule has 0 amide bonds. The van der Waals surface area contributed by atoms with Gasteiger partial charge in [-0.2, -0.15) is 0 Å². The molecule has 0 aliphatic carbocycles. The van der Waals surface area contributed by atoms with E-state index in [0.717, 1.165) is 23.2 Å². The first-order valence-corrected chi connectivity index (χ1v) is 7.15. The molecule has 0 radical (unpaired) electrons. The number of fused-ring (bicyclic) bond motifs is 3. The Balaban J connectivity index is 1.79. The van der Waals surface area contributed by atoms with E-state index in [1.807, 2.05) is 6.07 Å². The molecular formula is C17H15F2NO. The van der Waals surface area contributed by atoms with Crippen LogP contribution in [0.25, 0.3) is 0 Å². The quantitative estimate of drug-likeness (QED) is 0.848. The molecule has 3 atom stereocenters. The molecule has 108 valence electrons. The minimum Gasteiger partial charge on any atom is -0.378 e. The topological polar surface area (TPSA) is 21.3 Å². The van der Waals surface area contributed by atoms with Crippen LogP contribution in [0.2, 0.25) is 0 Å². The summed E-state index contributed by atoms with van der Waals surface area (Å²) in [6.45, 7) is 0.652. The summed E-state index contributed by atoms with van der Waals surface area (Å²) < 4.78 is 32.8. The summed E-state index contributed by atoms with van der Waals surface area (Å²) in [7, 11) is 0. The van der Waals surface area contributed by atoms with Crippen molar-refractivity contribution in [1.29, 1.82) is 0 Å². The van der Waals surface area contributed by atoms with Crippen LogP contribution in [-0.4, -0.2) is 6.61 Å². The summed E-state index contributed by atoms with van der Waals surface area (Å²) in [6.07, 6.45) is 0.764. The van der Waals surface area contributed by atoms with Crippen molar-refractivity contribution in [1.82, 2.24) is 0 Å². The molecule has 0 bridgehead atoms. The minimum absolute atomic E-state index is 0.00818. The maximum atomic E-state index is 13.5. The fourth-order valence-corrected chi connectivity index (χ4v) is 3.47. The van der Waals surface area contributed by atoms with Crippen molar-refractivity contribution in [3.05, 3.63) is 65.2 Å². The highest BCUT2D eigenvalue weighted by Crippen LogP contribution is 2.49. The van der Waals surface area contributed by atoms with Crippen molar-refractivity contribution >= 4 is 5.69 Å². The number of halogens is 2. The molecule has 0 unspecified atom stereocenters. The Kier molecular flexibility index (Phi) is 2.93. The lowest BCUT2D eigenvalue weighted by molar-refractivity contribution is 0.0826. The Morgan fingerprint density at radius 3 is 2.76 bits per heavy atom. The number of hydrogen-bond acceptors (Lipinski definition) is 2. The first kappa shape index (κ1) is 12.8. The Labute approximate surface area is 121 Å². The van der Waals surface area contributed by atoms with E-state index in [9.17, 15) is 8.78 Å². The van der Waals surface area contributed by atoms with Gasteiger partial charge in [-0.1, -0.05) is 12.1 Å². The molecule has 1 saturated heterocycles. The van der Waals surface area contributed by atoms with Crippen LogP contribution in [0.4, 0.5) is 14.5 Å². The smallest absolute Gasteiger partial charge is 0.123 e. The van der Waals surface area contributed by atoms with Crippen LogP contribution in [0, 0.1) is 17.6 Å². The van der Waals surface area contributed by atoms with Crippen LogP contribution in [0.1, 0.15) is 29.7 Å². The average molecular weight is 287 g/mol. The summed E-state index contributed by atoms with van der Waals surface area (Å²) >= 11 is 0. The van der Waals surface area contributed by atoms with Crippen LogP contribution in [0.3, 0.4) is 0 Å². The molecule has 2 aromatic rings. The van der Waals surface area contributed by atoms with Gasteiger partial charge in [0.05, 0.1) is 12.1 Å². The number of nitrogens with one attached hydrogen (secondary N) is 1. The van der Waals surface area contributed by atoms with E-state index in [-0.39, 0.29) is 29.7 Å². The third-order valence-corrected chi connectivity index (χ3v) is 4.40. The molecule has 4 rings (SSSR count). The van der Waals surface area contributed by atoms with Gasteiger partial charge in [-0.05, 0) is 42.3 Å². The lowest BCUT2D eigenvalue weighted by atomic mass is 9.81. The lowest BCUT2D eigenvalue weighted by Gasteiger charge is -2.36. The van der Waals surface area contributed by atoms with Crippen molar-refractivity contribution < 1.29 is 13.5 Å². The van der Waals surface area contributed by atoms with Gasteiger partial charge < -0.3 is 10.1 Å². The molecule has 0 saturated carbocycles. The summed E-state index contributed by atoms with van der Waals surface area (Å²) in [5, 5.41) is 3.43. The fraction of sp³-hybridized carbons (Fsp3) is 0.294. The predicted octanol–water partition coefficient (Wildman–Crippen LogP) is 4.21. The van der Waals surface area contributed by atoms with Crippen molar-refractivity contribution in [3.63, 3.8) is 0 Å². The summed E-state index contributed by atoms with van der Waals surface area (Å²) in [4.78, 5) is 0. The lowest BCUT2D eigenvalue weighted by Crippen LogP contribution is -2.29. The van der Waals surface area contributed by atoms with E-state index in [1.54, 1.807) is 18.2 Å². The Bertz CT molecular complexity index is 688. The average Bonchev–Trinajstić information content (AvgIpc) is 2.96. The van der Waals surface area contributed by atoms with Crippen LogP contribution in [-0.2, 0) is 4.74 Å². The maximum absolute atomic E-state index is 13.5. The van der Waals surface area contributed by atoms with Gasteiger partial charge in [-0.15, -0.1) is 0 Å². The molecule has 21 heavy (non-hydrogen) atoms. The molecule has 1 fully saturated rings. The second-order valence-corrected chi connectivity index (χ2v) is 5.65. The Morgan fingerprint density at radius 2 is 1.90 bits per heavy atom. The third-order valence-electron chi connectivity index (χ3n) is 4.40. The zero-order valence-corrected chi connectivity index (χ0v) is 11.4. The standard InChI is InChI=1S/C17H15F2NO/c18-11-3-1-2-10(8-11)16-13-6-7-21-17(13)14-9-12(19)4-5-15(14)20-16/h1-5,8-9,13,16-17,20H,6-7H2/t13-,16-,17-/m1/s1. The molecule has 4 heteroatoms. The first-order chi connectivity index (χ1) is 10.2. The van der Waals surface area contributed by atoms with Crippen LogP contribution >= 0.6 is 0 Å². The number of benzene rings is 2.